The second-order valence-electron chi connectivity index (χ2n) is 6.36. The highest BCUT2D eigenvalue weighted by Gasteiger charge is 2.28. The van der Waals surface area contributed by atoms with Crippen LogP contribution in [0.2, 0.25) is 0 Å². The maximum atomic E-state index is 12.8. The standard InChI is InChI=1S/C19H22N2O5S/c1-13-9-10-15(12-16(13)20-27(3,25)26)18(22)21(2)17(19(23)24)11-14-7-5-4-6-8-14/h4-10,12,17,20H,11H2,1-3H3,(H,23,24). The highest BCUT2D eigenvalue weighted by atomic mass is 32.2. The maximum absolute atomic E-state index is 12.8. The van der Waals surface area contributed by atoms with Crippen molar-refractivity contribution in [1.82, 2.24) is 4.90 Å². The second-order valence-corrected chi connectivity index (χ2v) is 8.11. The predicted molar refractivity (Wildman–Crippen MR) is 103 cm³/mol. The Balaban J connectivity index is 2.28. The van der Waals surface area contributed by atoms with Crippen molar-refractivity contribution >= 4 is 27.6 Å². The molecule has 0 aliphatic carbocycles. The van der Waals surface area contributed by atoms with E-state index >= 15 is 0 Å². The molecule has 2 N–H and O–H groups in total. The summed E-state index contributed by atoms with van der Waals surface area (Å²) in [7, 11) is -2.08. The average Bonchev–Trinajstić information content (AvgIpc) is 2.60. The van der Waals surface area contributed by atoms with Gasteiger partial charge in [-0.05, 0) is 30.2 Å². The number of nitrogens with one attached hydrogen (secondary N) is 1. The fourth-order valence-corrected chi connectivity index (χ4v) is 3.26. The van der Waals surface area contributed by atoms with Gasteiger partial charge >= 0.3 is 5.97 Å². The third-order valence-corrected chi connectivity index (χ3v) is 4.72. The quantitative estimate of drug-likeness (QED) is 0.754. The molecular weight excluding hydrogens is 368 g/mol. The van der Waals surface area contributed by atoms with Gasteiger partial charge in [-0.25, -0.2) is 13.2 Å². The number of carboxylic acid groups (broad SMARTS) is 1. The lowest BCUT2D eigenvalue weighted by Gasteiger charge is -2.25. The second kappa shape index (κ2) is 8.22. The zero-order valence-corrected chi connectivity index (χ0v) is 16.2. The molecule has 0 aromatic heterocycles. The molecule has 144 valence electrons. The number of anilines is 1. The van der Waals surface area contributed by atoms with E-state index in [1.807, 2.05) is 6.07 Å². The summed E-state index contributed by atoms with van der Waals surface area (Å²) >= 11 is 0. The molecule has 2 rings (SSSR count). The number of sulfonamides is 1. The first-order valence-electron chi connectivity index (χ1n) is 8.21. The van der Waals surface area contributed by atoms with Crippen LogP contribution in [-0.4, -0.2) is 49.6 Å². The Morgan fingerprint density at radius 3 is 2.33 bits per heavy atom. The van der Waals surface area contributed by atoms with Gasteiger partial charge < -0.3 is 10.0 Å². The van der Waals surface area contributed by atoms with Crippen LogP contribution < -0.4 is 4.72 Å². The van der Waals surface area contributed by atoms with Crippen LogP contribution >= 0.6 is 0 Å². The van der Waals surface area contributed by atoms with Crippen molar-refractivity contribution in [2.24, 2.45) is 0 Å². The van der Waals surface area contributed by atoms with E-state index in [0.29, 0.717) is 5.56 Å². The lowest BCUT2D eigenvalue weighted by Crippen LogP contribution is -2.43. The first kappa shape index (κ1) is 20.4. The number of hydrogen-bond acceptors (Lipinski definition) is 4. The number of hydrogen-bond donors (Lipinski definition) is 2. The van der Waals surface area contributed by atoms with Crippen LogP contribution in [0.3, 0.4) is 0 Å². The first-order chi connectivity index (χ1) is 12.6. The number of rotatable bonds is 7. The van der Waals surface area contributed by atoms with Crippen LogP contribution in [0, 0.1) is 6.92 Å². The summed E-state index contributed by atoms with van der Waals surface area (Å²) in [5, 5.41) is 9.57. The number of carbonyl (C=O) groups is 2. The number of aliphatic carboxylic acids is 1. The summed E-state index contributed by atoms with van der Waals surface area (Å²) in [6.45, 7) is 1.71. The Kier molecular flexibility index (Phi) is 6.22. The molecular formula is C19H22N2O5S. The molecule has 0 spiro atoms. The molecule has 1 amide bonds. The molecule has 0 saturated heterocycles. The molecule has 27 heavy (non-hydrogen) atoms. The van der Waals surface area contributed by atoms with Gasteiger partial charge in [-0.1, -0.05) is 36.4 Å². The first-order valence-corrected chi connectivity index (χ1v) is 10.1. The molecule has 2 aromatic carbocycles. The summed E-state index contributed by atoms with van der Waals surface area (Å²) < 4.78 is 25.3. The predicted octanol–water partition coefficient (Wildman–Crippen LogP) is 2.13. The van der Waals surface area contributed by atoms with E-state index in [9.17, 15) is 23.1 Å². The van der Waals surface area contributed by atoms with Crippen LogP contribution in [0.15, 0.2) is 48.5 Å². The third kappa shape index (κ3) is 5.55. The molecule has 0 fully saturated rings. The minimum Gasteiger partial charge on any atom is -0.480 e. The largest absolute Gasteiger partial charge is 0.480 e. The van der Waals surface area contributed by atoms with Gasteiger partial charge in [0, 0.05) is 19.0 Å². The molecule has 2 aromatic rings. The van der Waals surface area contributed by atoms with Crippen LogP contribution in [0.4, 0.5) is 5.69 Å². The van der Waals surface area contributed by atoms with E-state index in [1.165, 1.54) is 13.1 Å². The Hall–Kier alpha value is -2.87. The van der Waals surface area contributed by atoms with Crippen LogP contribution in [-0.2, 0) is 21.2 Å². The van der Waals surface area contributed by atoms with Gasteiger partial charge in [0.25, 0.3) is 5.91 Å². The summed E-state index contributed by atoms with van der Waals surface area (Å²) in [6, 6.07) is 12.6. The molecule has 0 saturated carbocycles. The monoisotopic (exact) mass is 390 g/mol. The van der Waals surface area contributed by atoms with E-state index in [4.69, 9.17) is 0 Å². The number of nitrogens with zero attached hydrogens (tertiary/aromatic N) is 1. The summed E-state index contributed by atoms with van der Waals surface area (Å²) in [4.78, 5) is 25.7. The molecule has 0 radical (unpaired) electrons. The lowest BCUT2D eigenvalue weighted by atomic mass is 10.0. The van der Waals surface area contributed by atoms with Gasteiger partial charge in [0.15, 0.2) is 0 Å². The van der Waals surface area contributed by atoms with E-state index < -0.39 is 27.9 Å². The van der Waals surface area contributed by atoms with Crippen molar-refractivity contribution in [3.05, 3.63) is 65.2 Å². The molecule has 8 heteroatoms. The molecule has 1 atom stereocenters. The number of carboxylic acids is 1. The van der Waals surface area contributed by atoms with Crippen LogP contribution in [0.1, 0.15) is 21.5 Å². The SMILES string of the molecule is Cc1ccc(C(=O)N(C)C(Cc2ccccc2)C(=O)O)cc1NS(C)(=O)=O. The van der Waals surface area contributed by atoms with Gasteiger partial charge in [0.2, 0.25) is 10.0 Å². The van der Waals surface area contributed by atoms with Crippen molar-refractivity contribution in [2.45, 2.75) is 19.4 Å². The summed E-state index contributed by atoms with van der Waals surface area (Å²) in [5.41, 5.74) is 1.94. The Labute approximate surface area is 158 Å². The maximum Gasteiger partial charge on any atom is 0.326 e. The van der Waals surface area contributed by atoms with E-state index in [2.05, 4.69) is 4.72 Å². The zero-order chi connectivity index (χ0) is 20.2. The van der Waals surface area contributed by atoms with Crippen LogP contribution in [0.5, 0.6) is 0 Å². The van der Waals surface area contributed by atoms with Crippen LogP contribution in [0.25, 0.3) is 0 Å². The van der Waals surface area contributed by atoms with Gasteiger partial charge in [-0.3, -0.25) is 9.52 Å². The summed E-state index contributed by atoms with van der Waals surface area (Å²) in [6.07, 6.45) is 1.19. The highest BCUT2D eigenvalue weighted by molar-refractivity contribution is 7.92. The van der Waals surface area contributed by atoms with Gasteiger partial charge in [0.1, 0.15) is 6.04 Å². The lowest BCUT2D eigenvalue weighted by molar-refractivity contribution is -0.141. The number of aryl methyl sites for hydroxylation is 1. The van der Waals surface area contributed by atoms with E-state index in [-0.39, 0.29) is 17.7 Å². The Morgan fingerprint density at radius 2 is 1.78 bits per heavy atom. The molecule has 0 bridgehead atoms. The summed E-state index contributed by atoms with van der Waals surface area (Å²) in [5.74, 6) is -1.62. The van der Waals surface area contributed by atoms with E-state index in [1.54, 1.807) is 43.3 Å². The number of carbonyl (C=O) groups excluding carboxylic acids is 1. The van der Waals surface area contributed by atoms with Gasteiger partial charge in [-0.15, -0.1) is 0 Å². The molecule has 0 aliphatic rings. The smallest absolute Gasteiger partial charge is 0.326 e. The molecule has 1 unspecified atom stereocenters. The minimum absolute atomic E-state index is 0.165. The van der Waals surface area contributed by atoms with Crippen molar-refractivity contribution in [3.63, 3.8) is 0 Å². The fraction of sp³-hybridized carbons (Fsp3) is 0.263. The van der Waals surface area contributed by atoms with Crippen molar-refractivity contribution < 1.29 is 23.1 Å². The topological polar surface area (TPSA) is 104 Å². The number of benzene rings is 2. The Morgan fingerprint density at radius 1 is 1.15 bits per heavy atom. The average molecular weight is 390 g/mol. The zero-order valence-electron chi connectivity index (χ0n) is 15.3. The van der Waals surface area contributed by atoms with Gasteiger partial charge in [-0.2, -0.15) is 0 Å². The van der Waals surface area contributed by atoms with Gasteiger partial charge in [0.05, 0.1) is 11.9 Å². The van der Waals surface area contributed by atoms with Crippen molar-refractivity contribution in [2.75, 3.05) is 18.0 Å². The van der Waals surface area contributed by atoms with E-state index in [0.717, 1.165) is 16.7 Å². The molecule has 7 nitrogen and oxygen atoms in total. The normalized spacial score (nSPS) is 12.3. The third-order valence-electron chi connectivity index (χ3n) is 4.12. The molecule has 0 aliphatic heterocycles. The highest BCUT2D eigenvalue weighted by Crippen LogP contribution is 2.20. The minimum atomic E-state index is -3.50. The fourth-order valence-electron chi connectivity index (χ4n) is 2.64. The molecule has 0 heterocycles. The number of likely N-dealkylation sites (N-methyl/N-ethyl adjacent to an activating group) is 1. The van der Waals surface area contributed by atoms with Crippen molar-refractivity contribution in [3.8, 4) is 0 Å². The van der Waals surface area contributed by atoms with Crippen molar-refractivity contribution in [1.29, 1.82) is 0 Å². The number of amides is 1. The Bertz CT molecular complexity index is 942.